The van der Waals surface area contributed by atoms with E-state index in [0.29, 0.717) is 12.1 Å². The summed E-state index contributed by atoms with van der Waals surface area (Å²) in [5.74, 6) is 2.19. The van der Waals surface area contributed by atoms with Crippen LogP contribution >= 0.6 is 23.4 Å². The lowest BCUT2D eigenvalue weighted by molar-refractivity contribution is 0.0948. The Bertz CT molecular complexity index is 377. The molecule has 1 fully saturated rings. The molecule has 2 heterocycles. The smallest absolute Gasteiger partial charge is 0.256 e. The van der Waals surface area contributed by atoms with Crippen LogP contribution in [0.5, 0.6) is 0 Å². The van der Waals surface area contributed by atoms with Gasteiger partial charge in [0, 0.05) is 37.7 Å². The Morgan fingerprint density at radius 3 is 2.94 bits per heavy atom. The average Bonchev–Trinajstić information content (AvgIpc) is 2.77. The molecular formula is C11H15ClN2O2S. The Kier molecular flexibility index (Phi) is 4.76. The Morgan fingerprint density at radius 2 is 2.29 bits per heavy atom. The molecule has 1 saturated heterocycles. The van der Waals surface area contributed by atoms with E-state index in [1.165, 1.54) is 17.8 Å². The molecule has 6 heteroatoms. The zero-order chi connectivity index (χ0) is 12.1. The topological polar surface area (TPSA) is 45.5 Å². The molecule has 0 aromatic carbocycles. The number of hydrogen-bond acceptors (Lipinski definition) is 4. The van der Waals surface area contributed by atoms with E-state index in [0.717, 1.165) is 19.6 Å². The molecule has 0 aliphatic carbocycles. The van der Waals surface area contributed by atoms with Gasteiger partial charge >= 0.3 is 0 Å². The van der Waals surface area contributed by atoms with Crippen molar-refractivity contribution in [2.24, 2.45) is 0 Å². The number of amides is 1. The van der Waals surface area contributed by atoms with Gasteiger partial charge in [0.15, 0.2) is 0 Å². The second-order valence-electron chi connectivity index (χ2n) is 3.82. The monoisotopic (exact) mass is 274 g/mol. The zero-order valence-electron chi connectivity index (χ0n) is 9.45. The summed E-state index contributed by atoms with van der Waals surface area (Å²) in [4.78, 5) is 14.0. The first-order valence-corrected chi connectivity index (χ1v) is 7.12. The summed E-state index contributed by atoms with van der Waals surface area (Å²) in [5.41, 5.74) is 0.404. The van der Waals surface area contributed by atoms with Crippen molar-refractivity contribution in [2.45, 2.75) is 0 Å². The van der Waals surface area contributed by atoms with Gasteiger partial charge < -0.3 is 9.73 Å². The van der Waals surface area contributed by atoms with Crippen molar-refractivity contribution in [1.82, 2.24) is 10.2 Å². The van der Waals surface area contributed by atoms with Gasteiger partial charge in [0.25, 0.3) is 5.91 Å². The van der Waals surface area contributed by atoms with Crippen LogP contribution < -0.4 is 5.32 Å². The average molecular weight is 275 g/mol. The third kappa shape index (κ3) is 3.66. The largest absolute Gasteiger partial charge is 0.452 e. The van der Waals surface area contributed by atoms with Gasteiger partial charge in [-0.25, -0.2) is 0 Å². The number of carbonyl (C=O) groups is 1. The highest BCUT2D eigenvalue weighted by molar-refractivity contribution is 7.99. The molecule has 1 aromatic heterocycles. The van der Waals surface area contributed by atoms with Crippen LogP contribution in [-0.4, -0.2) is 48.5 Å². The van der Waals surface area contributed by atoms with Gasteiger partial charge in [-0.3, -0.25) is 9.69 Å². The highest BCUT2D eigenvalue weighted by Gasteiger charge is 2.13. The lowest BCUT2D eigenvalue weighted by atomic mass is 10.3. The Morgan fingerprint density at radius 1 is 1.53 bits per heavy atom. The van der Waals surface area contributed by atoms with E-state index in [4.69, 9.17) is 16.0 Å². The highest BCUT2D eigenvalue weighted by Crippen LogP contribution is 2.16. The van der Waals surface area contributed by atoms with Gasteiger partial charge in [0.2, 0.25) is 5.22 Å². The molecule has 1 amide bonds. The Labute approximate surface area is 110 Å². The summed E-state index contributed by atoms with van der Waals surface area (Å²) < 4.78 is 4.87. The third-order valence-electron chi connectivity index (χ3n) is 2.68. The molecule has 1 aromatic rings. The van der Waals surface area contributed by atoms with Crippen molar-refractivity contribution in [3.63, 3.8) is 0 Å². The fraction of sp³-hybridized carbons (Fsp3) is 0.545. The molecule has 0 spiro atoms. The van der Waals surface area contributed by atoms with Crippen LogP contribution in [0.3, 0.4) is 0 Å². The molecule has 0 saturated carbocycles. The van der Waals surface area contributed by atoms with Crippen LogP contribution in [0.1, 0.15) is 10.4 Å². The van der Waals surface area contributed by atoms with E-state index in [1.807, 2.05) is 11.8 Å². The van der Waals surface area contributed by atoms with Gasteiger partial charge in [-0.2, -0.15) is 11.8 Å². The van der Waals surface area contributed by atoms with Crippen molar-refractivity contribution >= 4 is 29.3 Å². The van der Waals surface area contributed by atoms with Crippen LogP contribution in [0.4, 0.5) is 0 Å². The van der Waals surface area contributed by atoms with Crippen molar-refractivity contribution in [2.75, 3.05) is 37.7 Å². The van der Waals surface area contributed by atoms with Crippen LogP contribution in [0.25, 0.3) is 0 Å². The summed E-state index contributed by atoms with van der Waals surface area (Å²) in [5, 5.41) is 2.99. The first kappa shape index (κ1) is 12.8. The SMILES string of the molecule is O=C(NCCN1CCSCC1)c1ccoc1Cl. The fourth-order valence-corrected chi connectivity index (χ4v) is 2.88. The molecule has 4 nitrogen and oxygen atoms in total. The van der Waals surface area contributed by atoms with Gasteiger partial charge in [-0.1, -0.05) is 0 Å². The standard InChI is InChI=1S/C11H15ClN2O2S/c12-10-9(1-6-16-10)11(15)13-2-3-14-4-7-17-8-5-14/h1,6H,2-5,7-8H2,(H,13,15). The molecule has 0 atom stereocenters. The minimum Gasteiger partial charge on any atom is -0.452 e. The van der Waals surface area contributed by atoms with Crippen molar-refractivity contribution in [3.8, 4) is 0 Å². The summed E-state index contributed by atoms with van der Waals surface area (Å²) in [6.45, 7) is 3.74. The van der Waals surface area contributed by atoms with Crippen LogP contribution in [0.15, 0.2) is 16.7 Å². The number of carbonyl (C=O) groups excluding carboxylic acids is 1. The first-order chi connectivity index (χ1) is 8.27. The molecule has 2 rings (SSSR count). The highest BCUT2D eigenvalue weighted by atomic mass is 35.5. The molecule has 1 N–H and O–H groups in total. The lowest BCUT2D eigenvalue weighted by Crippen LogP contribution is -2.39. The second kappa shape index (κ2) is 6.33. The molecule has 0 bridgehead atoms. The van der Waals surface area contributed by atoms with Gasteiger partial charge in [-0.15, -0.1) is 0 Å². The van der Waals surface area contributed by atoms with Gasteiger partial charge in [0.05, 0.1) is 11.8 Å². The van der Waals surface area contributed by atoms with E-state index in [9.17, 15) is 4.79 Å². The van der Waals surface area contributed by atoms with Crippen LogP contribution in [0.2, 0.25) is 5.22 Å². The number of rotatable bonds is 4. The molecule has 0 unspecified atom stereocenters. The minimum atomic E-state index is -0.171. The zero-order valence-corrected chi connectivity index (χ0v) is 11.0. The summed E-state index contributed by atoms with van der Waals surface area (Å²) in [6, 6.07) is 1.58. The number of hydrogen-bond donors (Lipinski definition) is 1. The molecular weight excluding hydrogens is 260 g/mol. The maximum atomic E-state index is 11.7. The Balaban J connectivity index is 1.71. The quantitative estimate of drug-likeness (QED) is 0.908. The second-order valence-corrected chi connectivity index (χ2v) is 5.39. The maximum absolute atomic E-state index is 11.7. The summed E-state index contributed by atoms with van der Waals surface area (Å²) in [6.07, 6.45) is 1.42. The molecule has 17 heavy (non-hydrogen) atoms. The predicted octanol–water partition coefficient (Wildman–Crippen LogP) is 1.71. The minimum absolute atomic E-state index is 0.150. The summed E-state index contributed by atoms with van der Waals surface area (Å²) in [7, 11) is 0. The molecule has 1 aliphatic rings. The van der Waals surface area contributed by atoms with Crippen LogP contribution in [-0.2, 0) is 0 Å². The Hall–Kier alpha value is -0.650. The van der Waals surface area contributed by atoms with E-state index in [1.54, 1.807) is 6.07 Å². The number of furan rings is 1. The van der Waals surface area contributed by atoms with E-state index in [2.05, 4.69) is 10.2 Å². The molecule has 0 radical (unpaired) electrons. The van der Waals surface area contributed by atoms with Crippen molar-refractivity contribution < 1.29 is 9.21 Å². The van der Waals surface area contributed by atoms with Gasteiger partial charge in [0.1, 0.15) is 0 Å². The van der Waals surface area contributed by atoms with E-state index in [-0.39, 0.29) is 11.1 Å². The number of nitrogens with zero attached hydrogens (tertiary/aromatic N) is 1. The normalized spacial score (nSPS) is 17.0. The van der Waals surface area contributed by atoms with E-state index >= 15 is 0 Å². The van der Waals surface area contributed by atoms with Crippen molar-refractivity contribution in [3.05, 3.63) is 23.1 Å². The predicted molar refractivity (Wildman–Crippen MR) is 69.8 cm³/mol. The first-order valence-electron chi connectivity index (χ1n) is 5.58. The van der Waals surface area contributed by atoms with E-state index < -0.39 is 0 Å². The third-order valence-corrected chi connectivity index (χ3v) is 3.92. The van der Waals surface area contributed by atoms with Crippen molar-refractivity contribution in [1.29, 1.82) is 0 Å². The molecule has 1 aliphatic heterocycles. The fourth-order valence-electron chi connectivity index (χ4n) is 1.70. The summed E-state index contributed by atoms with van der Waals surface area (Å²) >= 11 is 7.70. The van der Waals surface area contributed by atoms with Crippen LogP contribution in [0, 0.1) is 0 Å². The number of nitrogens with one attached hydrogen (secondary N) is 1. The maximum Gasteiger partial charge on any atom is 0.256 e. The lowest BCUT2D eigenvalue weighted by Gasteiger charge is -2.25. The molecule has 94 valence electrons. The number of thioether (sulfide) groups is 1. The van der Waals surface area contributed by atoms with Gasteiger partial charge in [-0.05, 0) is 17.7 Å². The number of halogens is 1.